The van der Waals surface area contributed by atoms with Crippen LogP contribution < -0.4 is 15.4 Å². The standard InChI is InChI=1S/C11H21N5O2S/c1-8(2)18-11-15-9(12-3)14-10(16-11)13-6-5-7-19(4)17/h8H,5-7H2,1-4H3,(H2,12,13,14,15,16). The normalized spacial score (nSPS) is 12.3. The Morgan fingerprint density at radius 2 is 1.95 bits per heavy atom. The Labute approximate surface area is 116 Å². The average Bonchev–Trinajstić information content (AvgIpc) is 2.33. The van der Waals surface area contributed by atoms with Crippen LogP contribution in [0.1, 0.15) is 20.3 Å². The van der Waals surface area contributed by atoms with Crippen LogP contribution in [0.5, 0.6) is 6.01 Å². The van der Waals surface area contributed by atoms with Crippen LogP contribution in [-0.2, 0) is 10.8 Å². The molecule has 1 aromatic rings. The van der Waals surface area contributed by atoms with Gasteiger partial charge in [0.2, 0.25) is 11.9 Å². The Kier molecular flexibility index (Phi) is 6.48. The van der Waals surface area contributed by atoms with E-state index < -0.39 is 10.8 Å². The Hall–Kier alpha value is -1.44. The lowest BCUT2D eigenvalue weighted by Crippen LogP contribution is -2.14. The van der Waals surface area contributed by atoms with E-state index in [1.165, 1.54) is 0 Å². The number of ether oxygens (including phenoxy) is 1. The molecule has 0 radical (unpaired) electrons. The van der Waals surface area contributed by atoms with Crippen molar-refractivity contribution in [2.75, 3.05) is 36.2 Å². The molecule has 0 spiro atoms. The molecule has 1 heterocycles. The molecular weight excluding hydrogens is 266 g/mol. The largest absolute Gasteiger partial charge is 0.461 e. The summed E-state index contributed by atoms with van der Waals surface area (Å²) in [5, 5.41) is 5.93. The molecule has 1 aromatic heterocycles. The molecule has 1 rings (SSSR count). The quantitative estimate of drug-likeness (QED) is 0.686. The van der Waals surface area contributed by atoms with Gasteiger partial charge < -0.3 is 15.4 Å². The highest BCUT2D eigenvalue weighted by atomic mass is 32.2. The smallest absolute Gasteiger partial charge is 0.323 e. The first-order chi connectivity index (χ1) is 9.01. The number of nitrogens with one attached hydrogen (secondary N) is 2. The maximum atomic E-state index is 10.9. The molecule has 0 aromatic carbocycles. The number of rotatable bonds is 8. The highest BCUT2D eigenvalue weighted by molar-refractivity contribution is 7.84. The first-order valence-corrected chi connectivity index (χ1v) is 7.88. The summed E-state index contributed by atoms with van der Waals surface area (Å²) in [5.74, 6) is 1.57. The van der Waals surface area contributed by atoms with Crippen molar-refractivity contribution in [2.24, 2.45) is 0 Å². The average molecular weight is 287 g/mol. The van der Waals surface area contributed by atoms with Gasteiger partial charge in [0.15, 0.2) is 0 Å². The minimum atomic E-state index is -0.772. The predicted molar refractivity (Wildman–Crippen MR) is 77.2 cm³/mol. The van der Waals surface area contributed by atoms with Crippen LogP contribution >= 0.6 is 0 Å². The third-order valence-electron chi connectivity index (χ3n) is 2.07. The topological polar surface area (TPSA) is 89.0 Å². The number of hydrogen-bond acceptors (Lipinski definition) is 7. The summed E-state index contributed by atoms with van der Waals surface area (Å²) in [6.45, 7) is 4.48. The fourth-order valence-corrected chi connectivity index (χ4v) is 1.84. The van der Waals surface area contributed by atoms with Gasteiger partial charge in [-0.25, -0.2) is 0 Å². The molecule has 2 N–H and O–H groups in total. The van der Waals surface area contributed by atoms with E-state index in [1.54, 1.807) is 13.3 Å². The van der Waals surface area contributed by atoms with Crippen molar-refractivity contribution in [3.63, 3.8) is 0 Å². The summed E-state index contributed by atoms with van der Waals surface area (Å²) in [4.78, 5) is 12.4. The van der Waals surface area contributed by atoms with E-state index in [2.05, 4.69) is 25.6 Å². The van der Waals surface area contributed by atoms with Gasteiger partial charge in [0.25, 0.3) is 0 Å². The predicted octanol–water partition coefficient (Wildman–Crippen LogP) is 0.881. The van der Waals surface area contributed by atoms with Crippen molar-refractivity contribution in [3.05, 3.63) is 0 Å². The van der Waals surface area contributed by atoms with Gasteiger partial charge in [0.1, 0.15) is 0 Å². The Bertz CT molecular complexity index is 428. The van der Waals surface area contributed by atoms with Crippen molar-refractivity contribution in [1.29, 1.82) is 0 Å². The molecule has 108 valence electrons. The zero-order valence-electron chi connectivity index (χ0n) is 11.8. The van der Waals surface area contributed by atoms with E-state index in [-0.39, 0.29) is 12.1 Å². The summed E-state index contributed by atoms with van der Waals surface area (Å²) in [7, 11) is 0.963. The summed E-state index contributed by atoms with van der Waals surface area (Å²) in [6.07, 6.45) is 2.49. The summed E-state index contributed by atoms with van der Waals surface area (Å²) < 4.78 is 16.4. The fraction of sp³-hybridized carbons (Fsp3) is 0.727. The fourth-order valence-electron chi connectivity index (χ4n) is 1.29. The number of nitrogens with zero attached hydrogens (tertiary/aromatic N) is 3. The monoisotopic (exact) mass is 287 g/mol. The molecule has 0 amide bonds. The van der Waals surface area contributed by atoms with E-state index >= 15 is 0 Å². The molecule has 0 saturated carbocycles. The van der Waals surface area contributed by atoms with Crippen LogP contribution in [0.25, 0.3) is 0 Å². The molecule has 0 bridgehead atoms. The van der Waals surface area contributed by atoms with Crippen molar-refractivity contribution < 1.29 is 8.95 Å². The maximum Gasteiger partial charge on any atom is 0.323 e. The molecule has 0 fully saturated rings. The second kappa shape index (κ2) is 7.88. The van der Waals surface area contributed by atoms with E-state index in [0.717, 1.165) is 6.42 Å². The third-order valence-corrected chi connectivity index (χ3v) is 2.93. The highest BCUT2D eigenvalue weighted by Crippen LogP contribution is 2.12. The van der Waals surface area contributed by atoms with Crippen molar-refractivity contribution in [2.45, 2.75) is 26.4 Å². The van der Waals surface area contributed by atoms with Gasteiger partial charge in [-0.2, -0.15) is 15.0 Å². The van der Waals surface area contributed by atoms with Crippen LogP contribution in [0, 0.1) is 0 Å². The molecule has 19 heavy (non-hydrogen) atoms. The van der Waals surface area contributed by atoms with Gasteiger partial charge >= 0.3 is 6.01 Å². The molecule has 8 heteroatoms. The number of hydrogen-bond donors (Lipinski definition) is 2. The number of aromatic nitrogens is 3. The Balaban J connectivity index is 2.63. The van der Waals surface area contributed by atoms with Crippen LogP contribution in [0.2, 0.25) is 0 Å². The van der Waals surface area contributed by atoms with E-state index in [9.17, 15) is 4.21 Å². The molecule has 1 atom stereocenters. The summed E-state index contributed by atoms with van der Waals surface area (Å²) in [6, 6.07) is 0.288. The lowest BCUT2D eigenvalue weighted by atomic mass is 10.5. The first-order valence-electron chi connectivity index (χ1n) is 6.15. The van der Waals surface area contributed by atoms with E-state index in [1.807, 2.05) is 13.8 Å². The van der Waals surface area contributed by atoms with E-state index in [4.69, 9.17) is 4.74 Å². The van der Waals surface area contributed by atoms with Gasteiger partial charge in [-0.1, -0.05) is 0 Å². The van der Waals surface area contributed by atoms with Crippen LogP contribution in [0.4, 0.5) is 11.9 Å². The number of anilines is 2. The third kappa shape index (κ3) is 6.32. The van der Waals surface area contributed by atoms with E-state index in [0.29, 0.717) is 24.2 Å². The maximum absolute atomic E-state index is 10.9. The van der Waals surface area contributed by atoms with Gasteiger partial charge in [-0.3, -0.25) is 4.21 Å². The van der Waals surface area contributed by atoms with Crippen molar-refractivity contribution in [1.82, 2.24) is 15.0 Å². The minimum Gasteiger partial charge on any atom is -0.461 e. The zero-order chi connectivity index (χ0) is 14.3. The van der Waals surface area contributed by atoms with Crippen LogP contribution in [0.3, 0.4) is 0 Å². The molecule has 0 aliphatic carbocycles. The first kappa shape index (κ1) is 15.6. The zero-order valence-corrected chi connectivity index (χ0v) is 12.6. The molecule has 0 aliphatic rings. The lowest BCUT2D eigenvalue weighted by Gasteiger charge is -2.11. The molecule has 7 nitrogen and oxygen atoms in total. The van der Waals surface area contributed by atoms with Gasteiger partial charge in [-0.15, -0.1) is 0 Å². The van der Waals surface area contributed by atoms with Crippen LogP contribution in [-0.4, -0.2) is 50.9 Å². The molecular formula is C11H21N5O2S. The Morgan fingerprint density at radius 1 is 1.26 bits per heavy atom. The molecule has 1 unspecified atom stereocenters. The minimum absolute atomic E-state index is 0.00229. The van der Waals surface area contributed by atoms with Crippen molar-refractivity contribution >= 4 is 22.7 Å². The van der Waals surface area contributed by atoms with Gasteiger partial charge in [-0.05, 0) is 20.3 Å². The Morgan fingerprint density at radius 3 is 2.53 bits per heavy atom. The summed E-state index contributed by atoms with van der Waals surface area (Å²) in [5.41, 5.74) is 0. The molecule has 0 saturated heterocycles. The van der Waals surface area contributed by atoms with Crippen molar-refractivity contribution in [3.8, 4) is 6.01 Å². The summed E-state index contributed by atoms with van der Waals surface area (Å²) >= 11 is 0. The SMILES string of the molecule is CNc1nc(NCCCS(C)=O)nc(OC(C)C)n1. The lowest BCUT2D eigenvalue weighted by molar-refractivity contribution is 0.222. The highest BCUT2D eigenvalue weighted by Gasteiger charge is 2.07. The van der Waals surface area contributed by atoms with Gasteiger partial charge in [0.05, 0.1) is 6.10 Å². The second-order valence-corrected chi connectivity index (χ2v) is 5.79. The van der Waals surface area contributed by atoms with Gasteiger partial charge in [0, 0.05) is 36.4 Å². The molecule has 0 aliphatic heterocycles. The second-order valence-electron chi connectivity index (χ2n) is 4.24. The van der Waals surface area contributed by atoms with Crippen LogP contribution in [0.15, 0.2) is 0 Å².